The first-order valence-electron chi connectivity index (χ1n) is 4.43. The molecule has 0 aliphatic heterocycles. The first-order chi connectivity index (χ1) is 6.34. The molecule has 0 saturated carbocycles. The second-order valence-electron chi connectivity index (χ2n) is 2.88. The number of benzene rings is 1. The highest BCUT2D eigenvalue weighted by Crippen LogP contribution is 2.14. The molecule has 0 spiro atoms. The fourth-order valence-corrected chi connectivity index (χ4v) is 1.87. The van der Waals surface area contributed by atoms with Crippen LogP contribution in [-0.2, 0) is 0 Å². The van der Waals surface area contributed by atoms with Crippen LogP contribution in [0.1, 0.15) is 11.6 Å². The molecule has 1 aromatic carbocycles. The average molecular weight is 196 g/mol. The number of thioether (sulfide) groups is 1. The van der Waals surface area contributed by atoms with Gasteiger partial charge in [0.2, 0.25) is 0 Å². The lowest BCUT2D eigenvalue weighted by Gasteiger charge is -2.10. The lowest BCUT2D eigenvalue weighted by atomic mass is 10.1. The van der Waals surface area contributed by atoms with Crippen LogP contribution in [0.2, 0.25) is 0 Å². The smallest absolute Gasteiger partial charge is 0.0386 e. The summed E-state index contributed by atoms with van der Waals surface area (Å²) in [6.45, 7) is 0.728. The highest BCUT2D eigenvalue weighted by molar-refractivity contribution is 7.99. The van der Waals surface area contributed by atoms with Crippen molar-refractivity contribution in [2.75, 3.05) is 18.1 Å². The van der Waals surface area contributed by atoms with E-state index in [4.69, 9.17) is 11.5 Å². The van der Waals surface area contributed by atoms with E-state index < -0.39 is 0 Å². The Labute approximate surface area is 83.7 Å². The van der Waals surface area contributed by atoms with Gasteiger partial charge >= 0.3 is 0 Å². The molecule has 0 aromatic heterocycles. The van der Waals surface area contributed by atoms with Crippen LogP contribution in [0.3, 0.4) is 0 Å². The van der Waals surface area contributed by atoms with Gasteiger partial charge in [0.05, 0.1) is 0 Å². The summed E-state index contributed by atoms with van der Waals surface area (Å²) < 4.78 is 0. The van der Waals surface area contributed by atoms with Gasteiger partial charge in [0, 0.05) is 24.1 Å². The Kier molecular flexibility index (Phi) is 4.90. The molecule has 2 nitrogen and oxygen atoms in total. The minimum atomic E-state index is 0.137. The summed E-state index contributed by atoms with van der Waals surface area (Å²) in [5.74, 6) is 1.93. The van der Waals surface area contributed by atoms with Crippen molar-refractivity contribution in [3.63, 3.8) is 0 Å². The van der Waals surface area contributed by atoms with Crippen LogP contribution in [0.25, 0.3) is 0 Å². The molecule has 1 unspecified atom stereocenters. The molecule has 13 heavy (non-hydrogen) atoms. The fourth-order valence-electron chi connectivity index (χ4n) is 1.09. The Hall–Kier alpha value is -0.510. The molecule has 1 atom stereocenters. The highest BCUT2D eigenvalue weighted by atomic mass is 32.2. The van der Waals surface area contributed by atoms with Crippen LogP contribution in [0, 0.1) is 0 Å². The van der Waals surface area contributed by atoms with Gasteiger partial charge in [-0.15, -0.1) is 0 Å². The summed E-state index contributed by atoms with van der Waals surface area (Å²) in [7, 11) is 0. The maximum absolute atomic E-state index is 5.97. The SMILES string of the molecule is NCCSCC(N)c1ccccc1. The van der Waals surface area contributed by atoms with Crippen molar-refractivity contribution in [2.45, 2.75) is 6.04 Å². The third-order valence-corrected chi connectivity index (χ3v) is 2.91. The zero-order valence-corrected chi connectivity index (χ0v) is 8.46. The first kappa shape index (κ1) is 10.6. The van der Waals surface area contributed by atoms with Gasteiger partial charge in [-0.3, -0.25) is 0 Å². The summed E-state index contributed by atoms with van der Waals surface area (Å²) in [6, 6.07) is 10.3. The van der Waals surface area contributed by atoms with Gasteiger partial charge in [0.1, 0.15) is 0 Å². The van der Waals surface area contributed by atoms with Crippen molar-refractivity contribution >= 4 is 11.8 Å². The largest absolute Gasteiger partial charge is 0.330 e. The van der Waals surface area contributed by atoms with Crippen molar-refractivity contribution < 1.29 is 0 Å². The number of hydrogen-bond acceptors (Lipinski definition) is 3. The van der Waals surface area contributed by atoms with E-state index in [1.165, 1.54) is 5.56 Å². The topological polar surface area (TPSA) is 52.0 Å². The van der Waals surface area contributed by atoms with Crippen molar-refractivity contribution in [2.24, 2.45) is 11.5 Å². The maximum Gasteiger partial charge on any atom is 0.0386 e. The minimum absolute atomic E-state index is 0.137. The van der Waals surface area contributed by atoms with Gasteiger partial charge in [0.25, 0.3) is 0 Å². The maximum atomic E-state index is 5.97. The van der Waals surface area contributed by atoms with E-state index in [2.05, 4.69) is 12.1 Å². The zero-order valence-electron chi connectivity index (χ0n) is 7.65. The lowest BCUT2D eigenvalue weighted by molar-refractivity contribution is 0.831. The Balaban J connectivity index is 2.35. The van der Waals surface area contributed by atoms with Gasteiger partial charge in [0.15, 0.2) is 0 Å². The van der Waals surface area contributed by atoms with E-state index in [-0.39, 0.29) is 6.04 Å². The Bertz CT molecular complexity index is 226. The molecule has 0 heterocycles. The molecule has 0 aliphatic carbocycles. The summed E-state index contributed by atoms with van der Waals surface area (Å²) in [4.78, 5) is 0. The fraction of sp³-hybridized carbons (Fsp3) is 0.400. The van der Waals surface area contributed by atoms with Gasteiger partial charge < -0.3 is 11.5 Å². The highest BCUT2D eigenvalue weighted by Gasteiger charge is 2.03. The minimum Gasteiger partial charge on any atom is -0.330 e. The second kappa shape index (κ2) is 6.02. The molecule has 0 aliphatic rings. The predicted molar refractivity (Wildman–Crippen MR) is 59.7 cm³/mol. The molecular weight excluding hydrogens is 180 g/mol. The van der Waals surface area contributed by atoms with Crippen molar-refractivity contribution in [3.05, 3.63) is 35.9 Å². The Morgan fingerprint density at radius 3 is 2.54 bits per heavy atom. The van der Waals surface area contributed by atoms with Crippen molar-refractivity contribution in [3.8, 4) is 0 Å². The van der Waals surface area contributed by atoms with Crippen LogP contribution < -0.4 is 11.5 Å². The molecule has 0 saturated heterocycles. The standard InChI is InChI=1S/C10H16N2S/c11-6-7-13-8-10(12)9-4-2-1-3-5-9/h1-5,10H,6-8,11-12H2. The Morgan fingerprint density at radius 2 is 1.92 bits per heavy atom. The second-order valence-corrected chi connectivity index (χ2v) is 4.03. The third-order valence-electron chi connectivity index (χ3n) is 1.79. The van der Waals surface area contributed by atoms with E-state index in [9.17, 15) is 0 Å². The zero-order chi connectivity index (χ0) is 9.52. The molecule has 72 valence electrons. The summed E-state index contributed by atoms with van der Waals surface area (Å²) in [5, 5.41) is 0. The lowest BCUT2D eigenvalue weighted by Crippen LogP contribution is -2.14. The van der Waals surface area contributed by atoms with Gasteiger partial charge in [-0.1, -0.05) is 30.3 Å². The van der Waals surface area contributed by atoms with Crippen molar-refractivity contribution in [1.82, 2.24) is 0 Å². The molecule has 0 bridgehead atoms. The normalized spacial score (nSPS) is 12.8. The van der Waals surface area contributed by atoms with Gasteiger partial charge in [-0.2, -0.15) is 11.8 Å². The van der Waals surface area contributed by atoms with Gasteiger partial charge in [-0.05, 0) is 5.56 Å². The van der Waals surface area contributed by atoms with Crippen molar-refractivity contribution in [1.29, 1.82) is 0 Å². The van der Waals surface area contributed by atoms with Crippen LogP contribution in [0.4, 0.5) is 0 Å². The van der Waals surface area contributed by atoms with Crippen LogP contribution in [0.15, 0.2) is 30.3 Å². The molecule has 0 fully saturated rings. The third kappa shape index (κ3) is 3.81. The number of rotatable bonds is 5. The van der Waals surface area contributed by atoms with Gasteiger partial charge in [-0.25, -0.2) is 0 Å². The quantitative estimate of drug-likeness (QED) is 0.699. The molecule has 1 aromatic rings. The predicted octanol–water partition coefficient (Wildman–Crippen LogP) is 1.38. The molecule has 4 N–H and O–H groups in total. The van der Waals surface area contributed by atoms with E-state index in [0.717, 1.165) is 18.1 Å². The molecular formula is C10H16N2S. The number of nitrogens with two attached hydrogens (primary N) is 2. The molecule has 1 rings (SSSR count). The monoisotopic (exact) mass is 196 g/mol. The number of hydrogen-bond donors (Lipinski definition) is 2. The van der Waals surface area contributed by atoms with E-state index in [1.807, 2.05) is 18.2 Å². The summed E-state index contributed by atoms with van der Waals surface area (Å²) in [6.07, 6.45) is 0. The molecule has 0 radical (unpaired) electrons. The molecule has 3 heteroatoms. The Morgan fingerprint density at radius 1 is 1.23 bits per heavy atom. The first-order valence-corrected chi connectivity index (χ1v) is 5.58. The van der Waals surface area contributed by atoms with Crippen LogP contribution in [0.5, 0.6) is 0 Å². The molecule has 0 amide bonds. The van der Waals surface area contributed by atoms with Crippen LogP contribution >= 0.6 is 11.8 Å². The van der Waals surface area contributed by atoms with E-state index in [0.29, 0.717) is 0 Å². The average Bonchev–Trinajstić information content (AvgIpc) is 2.19. The summed E-state index contributed by atoms with van der Waals surface area (Å²) >= 11 is 1.81. The van der Waals surface area contributed by atoms with E-state index in [1.54, 1.807) is 11.8 Å². The van der Waals surface area contributed by atoms with Crippen LogP contribution in [-0.4, -0.2) is 18.1 Å². The van der Waals surface area contributed by atoms with E-state index >= 15 is 0 Å². The summed E-state index contributed by atoms with van der Waals surface area (Å²) in [5.41, 5.74) is 12.6.